The molecule has 0 N–H and O–H groups in total. The highest BCUT2D eigenvalue weighted by Crippen LogP contribution is 2.46. The number of hydrogen-bond acceptors (Lipinski definition) is 6. The van der Waals surface area contributed by atoms with Crippen LogP contribution in [0.5, 0.6) is 0 Å². The SMILES string of the molecule is CCc1cc(C(C)(C)C)cc(CC)c1SSc1c(COCOC)cc(C(C)(C)C)cc1COCOC. The van der Waals surface area contributed by atoms with Gasteiger partial charge < -0.3 is 18.9 Å². The molecule has 0 heterocycles. The molecule has 0 amide bonds. The summed E-state index contributed by atoms with van der Waals surface area (Å²) in [5.74, 6) is 0. The highest BCUT2D eigenvalue weighted by Gasteiger charge is 2.22. The smallest absolute Gasteiger partial charge is 0.146 e. The maximum atomic E-state index is 5.84. The van der Waals surface area contributed by atoms with E-state index in [0.29, 0.717) is 13.2 Å². The average molecular weight is 535 g/mol. The van der Waals surface area contributed by atoms with Crippen molar-refractivity contribution >= 4 is 21.6 Å². The van der Waals surface area contributed by atoms with Crippen molar-refractivity contribution in [3.8, 4) is 0 Å². The first-order valence-electron chi connectivity index (χ1n) is 12.8. The number of aryl methyl sites for hydroxylation is 2. The van der Waals surface area contributed by atoms with Gasteiger partial charge in [-0.05, 0) is 57.1 Å². The summed E-state index contributed by atoms with van der Waals surface area (Å²) in [7, 11) is 6.98. The Morgan fingerprint density at radius 2 is 0.917 bits per heavy atom. The van der Waals surface area contributed by atoms with Crippen molar-refractivity contribution in [1.29, 1.82) is 0 Å². The predicted octanol–water partition coefficient (Wildman–Crippen LogP) is 8.45. The fourth-order valence-electron chi connectivity index (χ4n) is 3.88. The zero-order valence-electron chi connectivity index (χ0n) is 24.0. The molecule has 6 heteroatoms. The maximum Gasteiger partial charge on any atom is 0.146 e. The van der Waals surface area contributed by atoms with Gasteiger partial charge in [0.15, 0.2) is 0 Å². The van der Waals surface area contributed by atoms with Gasteiger partial charge in [-0.2, -0.15) is 0 Å². The highest BCUT2D eigenvalue weighted by molar-refractivity contribution is 8.76. The Hall–Kier alpha value is -1.02. The molecule has 0 unspecified atom stereocenters. The summed E-state index contributed by atoms with van der Waals surface area (Å²) in [6, 6.07) is 9.36. The van der Waals surface area contributed by atoms with Gasteiger partial charge in [0.1, 0.15) is 13.6 Å². The average Bonchev–Trinajstić information content (AvgIpc) is 2.81. The molecule has 202 valence electrons. The van der Waals surface area contributed by atoms with E-state index in [0.717, 1.165) is 24.0 Å². The molecule has 2 aromatic carbocycles. The highest BCUT2D eigenvalue weighted by atomic mass is 33.1. The molecule has 0 atom stereocenters. The molecule has 0 aromatic heterocycles. The van der Waals surface area contributed by atoms with Gasteiger partial charge in [0.2, 0.25) is 0 Å². The lowest BCUT2D eigenvalue weighted by Gasteiger charge is -2.25. The van der Waals surface area contributed by atoms with E-state index < -0.39 is 0 Å². The molecule has 2 aromatic rings. The number of benzene rings is 2. The second-order valence-electron chi connectivity index (χ2n) is 11.1. The van der Waals surface area contributed by atoms with Gasteiger partial charge in [-0.15, -0.1) is 0 Å². The molecule has 0 radical (unpaired) electrons. The van der Waals surface area contributed by atoms with Crippen LogP contribution in [0.1, 0.15) is 88.8 Å². The van der Waals surface area contributed by atoms with Crippen LogP contribution in [0.2, 0.25) is 0 Å². The Balaban J connectivity index is 2.54. The van der Waals surface area contributed by atoms with Crippen LogP contribution in [-0.4, -0.2) is 27.8 Å². The van der Waals surface area contributed by atoms with Crippen molar-refractivity contribution in [2.75, 3.05) is 27.8 Å². The molecule has 0 saturated carbocycles. The molecule has 36 heavy (non-hydrogen) atoms. The molecule has 0 spiro atoms. The van der Waals surface area contributed by atoms with Crippen LogP contribution >= 0.6 is 21.6 Å². The Labute approximate surface area is 227 Å². The molecule has 2 rings (SSSR count). The second-order valence-corrected chi connectivity index (χ2v) is 13.3. The number of rotatable bonds is 13. The fourth-order valence-corrected chi connectivity index (χ4v) is 6.90. The largest absolute Gasteiger partial charge is 0.359 e. The van der Waals surface area contributed by atoms with E-state index >= 15 is 0 Å². The lowest BCUT2D eigenvalue weighted by atomic mass is 9.84. The van der Waals surface area contributed by atoms with Crippen molar-refractivity contribution in [3.63, 3.8) is 0 Å². The molecule has 0 aliphatic rings. The topological polar surface area (TPSA) is 36.9 Å². The first-order valence-corrected chi connectivity index (χ1v) is 14.9. The van der Waals surface area contributed by atoms with Crippen LogP contribution in [0.3, 0.4) is 0 Å². The zero-order chi connectivity index (χ0) is 26.9. The quantitative estimate of drug-likeness (QED) is 0.146. The van der Waals surface area contributed by atoms with Crippen LogP contribution < -0.4 is 0 Å². The normalized spacial score (nSPS) is 12.4. The standard InChI is InChI=1S/C30H46O4S2/c1-11-21-13-25(29(3,4)5)14-22(12-2)27(21)35-36-28-23(17-33-19-31-9)15-26(30(6,7)8)16-24(28)18-34-20-32-10/h13-16H,11-12,17-20H2,1-10H3. The third-order valence-electron chi connectivity index (χ3n) is 6.11. The van der Waals surface area contributed by atoms with Crippen LogP contribution in [-0.2, 0) is 55.8 Å². The molecular weight excluding hydrogens is 488 g/mol. The van der Waals surface area contributed by atoms with Gasteiger partial charge in [-0.3, -0.25) is 0 Å². The third kappa shape index (κ3) is 8.78. The lowest BCUT2D eigenvalue weighted by Crippen LogP contribution is -2.14. The molecular formula is C30H46O4S2. The van der Waals surface area contributed by atoms with Gasteiger partial charge >= 0.3 is 0 Å². The minimum atomic E-state index is 0.00982. The first kappa shape index (κ1) is 31.2. The number of ether oxygens (including phenoxy) is 4. The molecule has 0 fully saturated rings. The summed E-state index contributed by atoms with van der Waals surface area (Å²) in [5.41, 5.74) is 7.96. The van der Waals surface area contributed by atoms with E-state index in [-0.39, 0.29) is 24.4 Å². The van der Waals surface area contributed by atoms with E-state index in [2.05, 4.69) is 79.7 Å². The summed E-state index contributed by atoms with van der Waals surface area (Å²) in [6.45, 7) is 19.6. The molecule has 0 saturated heterocycles. The summed E-state index contributed by atoms with van der Waals surface area (Å²) >= 11 is 0. The number of hydrogen-bond donors (Lipinski definition) is 0. The molecule has 4 nitrogen and oxygen atoms in total. The summed E-state index contributed by atoms with van der Waals surface area (Å²) in [6.07, 6.45) is 2.02. The van der Waals surface area contributed by atoms with Crippen molar-refractivity contribution in [2.45, 2.75) is 102 Å². The Morgan fingerprint density at radius 1 is 0.583 bits per heavy atom. The van der Waals surface area contributed by atoms with E-state index in [1.165, 1.54) is 32.0 Å². The van der Waals surface area contributed by atoms with Gasteiger partial charge in [0.25, 0.3) is 0 Å². The Morgan fingerprint density at radius 3 is 1.22 bits per heavy atom. The van der Waals surface area contributed by atoms with Gasteiger partial charge in [0, 0.05) is 24.0 Å². The summed E-state index contributed by atoms with van der Waals surface area (Å²) in [5, 5.41) is 0. The second kappa shape index (κ2) is 14.2. The van der Waals surface area contributed by atoms with Gasteiger partial charge in [-0.1, -0.05) is 101 Å². The van der Waals surface area contributed by atoms with Crippen molar-refractivity contribution in [2.24, 2.45) is 0 Å². The van der Waals surface area contributed by atoms with Crippen LogP contribution in [0.25, 0.3) is 0 Å². The van der Waals surface area contributed by atoms with Crippen LogP contribution in [0.4, 0.5) is 0 Å². The van der Waals surface area contributed by atoms with E-state index in [4.69, 9.17) is 18.9 Å². The van der Waals surface area contributed by atoms with E-state index in [9.17, 15) is 0 Å². The summed E-state index contributed by atoms with van der Waals surface area (Å²) < 4.78 is 22.0. The van der Waals surface area contributed by atoms with Gasteiger partial charge in [0.05, 0.1) is 13.2 Å². The van der Waals surface area contributed by atoms with Crippen molar-refractivity contribution < 1.29 is 18.9 Å². The fraction of sp³-hybridized carbons (Fsp3) is 0.600. The van der Waals surface area contributed by atoms with E-state index in [1.807, 2.05) is 21.6 Å². The Bertz CT molecular complexity index is 918. The minimum absolute atomic E-state index is 0.00982. The molecule has 0 aliphatic heterocycles. The molecule has 0 aliphatic carbocycles. The molecule has 0 bridgehead atoms. The van der Waals surface area contributed by atoms with Crippen LogP contribution in [0.15, 0.2) is 34.1 Å². The summed E-state index contributed by atoms with van der Waals surface area (Å²) in [4.78, 5) is 2.58. The van der Waals surface area contributed by atoms with E-state index in [1.54, 1.807) is 14.2 Å². The lowest BCUT2D eigenvalue weighted by molar-refractivity contribution is -0.0419. The monoisotopic (exact) mass is 534 g/mol. The van der Waals surface area contributed by atoms with Gasteiger partial charge in [-0.25, -0.2) is 0 Å². The van der Waals surface area contributed by atoms with Crippen molar-refractivity contribution in [3.05, 3.63) is 57.6 Å². The Kier molecular flexibility index (Phi) is 12.3. The van der Waals surface area contributed by atoms with Crippen molar-refractivity contribution in [1.82, 2.24) is 0 Å². The maximum absolute atomic E-state index is 5.84. The minimum Gasteiger partial charge on any atom is -0.359 e. The first-order chi connectivity index (χ1) is 17.0. The number of methoxy groups -OCH3 is 2. The third-order valence-corrected chi connectivity index (χ3v) is 8.82. The predicted molar refractivity (Wildman–Crippen MR) is 154 cm³/mol. The zero-order valence-corrected chi connectivity index (χ0v) is 25.6. The van der Waals surface area contributed by atoms with Crippen LogP contribution in [0, 0.1) is 0 Å².